The van der Waals surface area contributed by atoms with E-state index < -0.39 is 6.10 Å². The largest absolute Gasteiger partial charge is 0.392 e. The van der Waals surface area contributed by atoms with Crippen molar-refractivity contribution in [3.05, 3.63) is 0 Å². The normalized spacial score (nSPS) is 18.4. The Labute approximate surface area is 102 Å². The third-order valence-corrected chi connectivity index (χ3v) is 3.21. The van der Waals surface area contributed by atoms with Gasteiger partial charge in [-0.05, 0) is 19.8 Å². The molecule has 1 rings (SSSR count). The molecule has 0 aliphatic heterocycles. The summed E-state index contributed by atoms with van der Waals surface area (Å²) in [4.78, 5) is 14.2. The lowest BCUT2D eigenvalue weighted by Crippen LogP contribution is -2.47. The van der Waals surface area contributed by atoms with E-state index in [0.29, 0.717) is 11.5 Å². The molecule has 0 saturated heterocycles. The van der Waals surface area contributed by atoms with Gasteiger partial charge in [-0.1, -0.05) is 25.1 Å². The molecule has 1 aliphatic carbocycles. The first-order valence-electron chi connectivity index (χ1n) is 5.67. The van der Waals surface area contributed by atoms with Crippen LogP contribution in [0.15, 0.2) is 0 Å². The second kappa shape index (κ2) is 6.15. The van der Waals surface area contributed by atoms with Gasteiger partial charge in [0.2, 0.25) is 0 Å². The first kappa shape index (κ1) is 13.4. The summed E-state index contributed by atoms with van der Waals surface area (Å²) in [5.74, 6) is -0.0119. The van der Waals surface area contributed by atoms with Gasteiger partial charge in [-0.25, -0.2) is 0 Å². The molecular weight excluding hydrogens is 224 g/mol. The van der Waals surface area contributed by atoms with E-state index in [1.807, 2.05) is 0 Å². The van der Waals surface area contributed by atoms with E-state index in [4.69, 9.17) is 22.7 Å². The quantitative estimate of drug-likeness (QED) is 0.735. The monoisotopic (exact) mass is 244 g/mol. The van der Waals surface area contributed by atoms with Gasteiger partial charge in [-0.2, -0.15) is 0 Å². The first-order valence-corrected chi connectivity index (χ1v) is 6.08. The van der Waals surface area contributed by atoms with Gasteiger partial charge in [0.25, 0.3) is 5.91 Å². The van der Waals surface area contributed by atoms with Crippen LogP contribution in [0.1, 0.15) is 32.6 Å². The molecule has 0 aromatic carbocycles. The van der Waals surface area contributed by atoms with E-state index >= 15 is 0 Å². The van der Waals surface area contributed by atoms with Crippen molar-refractivity contribution in [2.45, 2.75) is 44.8 Å². The van der Waals surface area contributed by atoms with Crippen LogP contribution in [0.3, 0.4) is 0 Å². The molecule has 1 saturated carbocycles. The number of rotatable bonds is 5. The molecule has 0 radical (unpaired) electrons. The van der Waals surface area contributed by atoms with Crippen LogP contribution in [0.5, 0.6) is 0 Å². The summed E-state index contributed by atoms with van der Waals surface area (Å²) in [6.45, 7) is 2.12. The van der Waals surface area contributed by atoms with E-state index in [0.717, 1.165) is 12.8 Å². The number of hydrogen-bond donors (Lipinski definition) is 1. The van der Waals surface area contributed by atoms with Gasteiger partial charge in [-0.3, -0.25) is 4.79 Å². The van der Waals surface area contributed by atoms with Gasteiger partial charge < -0.3 is 15.4 Å². The number of thiocarbonyl (C=S) groups is 1. The Kier molecular flexibility index (Phi) is 5.15. The average molecular weight is 244 g/mol. The van der Waals surface area contributed by atoms with Crippen molar-refractivity contribution in [2.75, 3.05) is 13.7 Å². The molecule has 1 unspecified atom stereocenters. The summed E-state index contributed by atoms with van der Waals surface area (Å²) in [5.41, 5.74) is 5.54. The van der Waals surface area contributed by atoms with Gasteiger partial charge in [0.1, 0.15) is 6.10 Å². The van der Waals surface area contributed by atoms with Crippen LogP contribution in [-0.2, 0) is 9.53 Å². The molecule has 4 nitrogen and oxygen atoms in total. The number of carbonyl (C=O) groups excluding carboxylic acids is 1. The van der Waals surface area contributed by atoms with Crippen molar-refractivity contribution >= 4 is 23.1 Å². The molecule has 1 amide bonds. The van der Waals surface area contributed by atoms with Gasteiger partial charge in [0.05, 0.1) is 11.5 Å². The fourth-order valence-corrected chi connectivity index (χ4v) is 2.24. The number of ether oxygens (including phenoxy) is 1. The molecule has 1 atom stereocenters. The Bertz CT molecular complexity index is 265. The topological polar surface area (TPSA) is 55.6 Å². The maximum absolute atomic E-state index is 12.1. The minimum atomic E-state index is -0.421. The molecular formula is C11H20N2O2S. The van der Waals surface area contributed by atoms with Crippen molar-refractivity contribution in [3.63, 3.8) is 0 Å². The third-order valence-electron chi connectivity index (χ3n) is 3.08. The molecule has 5 heteroatoms. The highest BCUT2D eigenvalue weighted by molar-refractivity contribution is 7.80. The SMILES string of the molecule is COC(C)C(=O)N(CC(N)=S)C1CCCC1. The van der Waals surface area contributed by atoms with E-state index in [2.05, 4.69) is 0 Å². The summed E-state index contributed by atoms with van der Waals surface area (Å²) >= 11 is 4.89. The molecule has 1 fully saturated rings. The Morgan fingerprint density at radius 3 is 2.56 bits per heavy atom. The van der Waals surface area contributed by atoms with Crippen LogP contribution in [0.2, 0.25) is 0 Å². The summed E-state index contributed by atoms with van der Waals surface area (Å²) < 4.78 is 5.06. The first-order chi connectivity index (χ1) is 7.56. The molecule has 2 N–H and O–H groups in total. The van der Waals surface area contributed by atoms with Crippen LogP contribution < -0.4 is 5.73 Å². The fraction of sp³-hybridized carbons (Fsp3) is 0.818. The number of hydrogen-bond acceptors (Lipinski definition) is 3. The molecule has 0 bridgehead atoms. The maximum atomic E-state index is 12.1. The van der Waals surface area contributed by atoms with Crippen LogP contribution in [-0.4, -0.2) is 41.6 Å². The van der Waals surface area contributed by atoms with Gasteiger partial charge >= 0.3 is 0 Å². The summed E-state index contributed by atoms with van der Waals surface area (Å²) in [6, 6.07) is 0.284. The number of amides is 1. The molecule has 92 valence electrons. The van der Waals surface area contributed by atoms with Crippen LogP contribution in [0.4, 0.5) is 0 Å². The minimum Gasteiger partial charge on any atom is -0.392 e. The maximum Gasteiger partial charge on any atom is 0.252 e. The fourth-order valence-electron chi connectivity index (χ4n) is 2.11. The average Bonchev–Trinajstić information content (AvgIpc) is 2.76. The molecule has 0 heterocycles. The molecule has 0 aromatic heterocycles. The standard InChI is InChI=1S/C11H20N2O2S/c1-8(15-2)11(14)13(7-10(12)16)9-5-3-4-6-9/h8-9H,3-7H2,1-2H3,(H2,12,16). The van der Waals surface area contributed by atoms with Gasteiger partial charge in [0.15, 0.2) is 0 Å². The summed E-state index contributed by atoms with van der Waals surface area (Å²) in [6.07, 6.45) is 4.02. The van der Waals surface area contributed by atoms with Crippen LogP contribution in [0, 0.1) is 0 Å². The second-order valence-electron chi connectivity index (χ2n) is 4.25. The number of nitrogens with zero attached hydrogens (tertiary/aromatic N) is 1. The zero-order chi connectivity index (χ0) is 12.1. The van der Waals surface area contributed by atoms with Crippen molar-refractivity contribution in [3.8, 4) is 0 Å². The van der Waals surface area contributed by atoms with E-state index in [1.54, 1.807) is 11.8 Å². The molecule has 0 aromatic rings. The Morgan fingerprint density at radius 2 is 2.12 bits per heavy atom. The Morgan fingerprint density at radius 1 is 1.56 bits per heavy atom. The lowest BCUT2D eigenvalue weighted by Gasteiger charge is -2.30. The smallest absolute Gasteiger partial charge is 0.252 e. The van der Waals surface area contributed by atoms with E-state index in [9.17, 15) is 4.79 Å². The highest BCUT2D eigenvalue weighted by Gasteiger charge is 2.29. The summed E-state index contributed by atoms with van der Waals surface area (Å²) in [7, 11) is 1.54. The Hall–Kier alpha value is -0.680. The predicted octanol–water partition coefficient (Wildman–Crippen LogP) is 1.08. The van der Waals surface area contributed by atoms with E-state index in [-0.39, 0.29) is 11.9 Å². The second-order valence-corrected chi connectivity index (χ2v) is 4.77. The van der Waals surface area contributed by atoms with Crippen molar-refractivity contribution in [1.82, 2.24) is 4.90 Å². The minimum absolute atomic E-state index is 0.0119. The van der Waals surface area contributed by atoms with Gasteiger partial charge in [-0.15, -0.1) is 0 Å². The highest BCUT2D eigenvalue weighted by atomic mass is 32.1. The predicted molar refractivity (Wildman–Crippen MR) is 67.2 cm³/mol. The number of methoxy groups -OCH3 is 1. The van der Waals surface area contributed by atoms with Crippen LogP contribution in [0.25, 0.3) is 0 Å². The lowest BCUT2D eigenvalue weighted by molar-refractivity contribution is -0.142. The highest BCUT2D eigenvalue weighted by Crippen LogP contribution is 2.24. The molecule has 1 aliphatic rings. The summed E-state index contributed by atoms with van der Waals surface area (Å²) in [5, 5.41) is 0. The molecule has 0 spiro atoms. The van der Waals surface area contributed by atoms with E-state index in [1.165, 1.54) is 20.0 Å². The zero-order valence-electron chi connectivity index (χ0n) is 9.94. The van der Waals surface area contributed by atoms with Crippen molar-refractivity contribution in [2.24, 2.45) is 5.73 Å². The number of nitrogens with two attached hydrogens (primary N) is 1. The van der Waals surface area contributed by atoms with Gasteiger partial charge in [0, 0.05) is 13.2 Å². The zero-order valence-corrected chi connectivity index (χ0v) is 10.8. The third kappa shape index (κ3) is 3.42. The molecule has 16 heavy (non-hydrogen) atoms. The Balaban J connectivity index is 2.69. The lowest BCUT2D eigenvalue weighted by atomic mass is 10.2. The van der Waals surface area contributed by atoms with Crippen molar-refractivity contribution < 1.29 is 9.53 Å². The van der Waals surface area contributed by atoms with Crippen LogP contribution >= 0.6 is 12.2 Å². The van der Waals surface area contributed by atoms with Crippen molar-refractivity contribution in [1.29, 1.82) is 0 Å². The number of carbonyl (C=O) groups is 1.